The molecule has 0 bridgehead atoms. The van der Waals surface area contributed by atoms with Crippen molar-refractivity contribution < 1.29 is 19.4 Å². The number of amides is 1. The van der Waals surface area contributed by atoms with E-state index in [2.05, 4.69) is 0 Å². The number of piperidine rings is 1. The molecule has 0 aromatic carbocycles. The predicted molar refractivity (Wildman–Crippen MR) is 39.8 cm³/mol. The summed E-state index contributed by atoms with van der Waals surface area (Å²) in [6.07, 6.45) is -0.623. The van der Waals surface area contributed by atoms with Gasteiger partial charge in [-0.05, 0) is 12.8 Å². The zero-order valence-corrected chi connectivity index (χ0v) is 6.66. The second-order valence-electron chi connectivity index (χ2n) is 3.13. The fraction of sp³-hybridized carbons (Fsp3) is 0.857. The summed E-state index contributed by atoms with van der Waals surface area (Å²) in [4.78, 5) is 11.6. The number of hydrogen-bond acceptors (Lipinski definition) is 2. The van der Waals surface area contributed by atoms with E-state index in [-0.39, 0.29) is 25.9 Å². The highest BCUT2D eigenvalue weighted by Gasteiger charge is 2.33. The number of likely N-dealkylation sites (tertiary alicyclic amines) is 1. The van der Waals surface area contributed by atoms with E-state index < -0.39 is 18.4 Å². The van der Waals surface area contributed by atoms with Crippen molar-refractivity contribution in [1.29, 1.82) is 0 Å². The Kier molecular flexibility index (Phi) is 2.52. The first kappa shape index (κ1) is 9.25. The fourth-order valence-electron chi connectivity index (χ4n) is 1.25. The highest BCUT2D eigenvalue weighted by molar-refractivity contribution is 5.65. The van der Waals surface area contributed by atoms with Crippen molar-refractivity contribution in [1.82, 2.24) is 4.90 Å². The number of aliphatic hydroxyl groups is 1. The lowest BCUT2D eigenvalue weighted by atomic mass is 9.93. The average Bonchev–Trinajstić information content (AvgIpc) is 2.05. The summed E-state index contributed by atoms with van der Waals surface area (Å²) in [6.45, 7) is -0.355. The van der Waals surface area contributed by atoms with Gasteiger partial charge in [-0.15, -0.1) is 0 Å². The molecule has 1 aliphatic heterocycles. The van der Waals surface area contributed by atoms with Crippen LogP contribution in [-0.4, -0.2) is 46.6 Å². The zero-order valence-electron chi connectivity index (χ0n) is 6.66. The van der Waals surface area contributed by atoms with Gasteiger partial charge in [0.05, 0.1) is 5.60 Å². The van der Waals surface area contributed by atoms with Gasteiger partial charge in [0, 0.05) is 13.1 Å². The van der Waals surface area contributed by atoms with E-state index in [4.69, 9.17) is 5.11 Å². The molecule has 1 amide bonds. The summed E-state index contributed by atoms with van der Waals surface area (Å²) in [6, 6.07) is 0. The molecule has 0 saturated carbocycles. The Morgan fingerprint density at radius 3 is 2.33 bits per heavy atom. The molecule has 0 radical (unpaired) electrons. The molecule has 1 aliphatic rings. The molecule has 2 N–H and O–H groups in total. The number of alkyl halides is 1. The molecule has 0 spiro atoms. The minimum absolute atomic E-state index is 0.190. The lowest BCUT2D eigenvalue weighted by molar-refractivity contribution is -0.0339. The van der Waals surface area contributed by atoms with Crippen LogP contribution >= 0.6 is 0 Å². The monoisotopic (exact) mass is 177 g/mol. The lowest BCUT2D eigenvalue weighted by Crippen LogP contribution is -2.47. The van der Waals surface area contributed by atoms with Gasteiger partial charge in [-0.3, -0.25) is 0 Å². The first-order valence-electron chi connectivity index (χ1n) is 3.84. The third kappa shape index (κ3) is 1.85. The molecule has 0 aromatic heterocycles. The van der Waals surface area contributed by atoms with E-state index >= 15 is 0 Å². The van der Waals surface area contributed by atoms with Gasteiger partial charge < -0.3 is 15.1 Å². The van der Waals surface area contributed by atoms with Crippen LogP contribution in [0, 0.1) is 0 Å². The molecule has 1 heterocycles. The lowest BCUT2D eigenvalue weighted by Gasteiger charge is -2.34. The summed E-state index contributed by atoms with van der Waals surface area (Å²) in [7, 11) is 0. The van der Waals surface area contributed by atoms with Gasteiger partial charge >= 0.3 is 6.09 Å². The van der Waals surface area contributed by atoms with Crippen LogP contribution in [0.3, 0.4) is 0 Å². The molecular formula is C7H12FNO3. The quantitative estimate of drug-likeness (QED) is 0.611. The van der Waals surface area contributed by atoms with Crippen LogP contribution in [0.25, 0.3) is 0 Å². The smallest absolute Gasteiger partial charge is 0.407 e. The Labute approximate surface area is 69.6 Å². The number of rotatable bonds is 1. The number of hydrogen-bond donors (Lipinski definition) is 2. The molecule has 70 valence electrons. The van der Waals surface area contributed by atoms with Crippen LogP contribution in [0.15, 0.2) is 0 Å². The number of carbonyl (C=O) groups is 1. The summed E-state index contributed by atoms with van der Waals surface area (Å²) in [5, 5.41) is 17.9. The molecule has 0 atom stereocenters. The van der Waals surface area contributed by atoms with Gasteiger partial charge in [-0.25, -0.2) is 9.18 Å². The second kappa shape index (κ2) is 3.26. The standard InChI is InChI=1S/C7H12FNO3/c8-5-7(12)1-3-9(4-2-7)6(10)11/h12H,1-5H2,(H,10,11). The fourth-order valence-corrected chi connectivity index (χ4v) is 1.25. The molecule has 0 unspecified atom stereocenters. The van der Waals surface area contributed by atoms with Crippen LogP contribution in [0.4, 0.5) is 9.18 Å². The summed E-state index contributed by atoms with van der Waals surface area (Å²) in [5.74, 6) is 0. The van der Waals surface area contributed by atoms with E-state index in [0.29, 0.717) is 0 Å². The van der Waals surface area contributed by atoms with E-state index in [1.807, 2.05) is 0 Å². The topological polar surface area (TPSA) is 60.8 Å². The predicted octanol–water partition coefficient (Wildman–Crippen LogP) is 0.461. The normalized spacial score (nSPS) is 22.3. The van der Waals surface area contributed by atoms with Gasteiger partial charge in [0.2, 0.25) is 0 Å². The van der Waals surface area contributed by atoms with Gasteiger partial charge in [0.1, 0.15) is 6.67 Å². The summed E-state index contributed by atoms with van der Waals surface area (Å²) < 4.78 is 12.2. The second-order valence-corrected chi connectivity index (χ2v) is 3.13. The Hall–Kier alpha value is -0.840. The first-order chi connectivity index (χ1) is 5.57. The molecule has 0 aromatic rings. The van der Waals surface area contributed by atoms with Gasteiger partial charge in [0.15, 0.2) is 0 Å². The van der Waals surface area contributed by atoms with E-state index in [1.165, 1.54) is 4.90 Å². The highest BCUT2D eigenvalue weighted by Crippen LogP contribution is 2.22. The molecule has 5 heteroatoms. The van der Waals surface area contributed by atoms with Crippen LogP contribution in [0.1, 0.15) is 12.8 Å². The summed E-state index contributed by atoms with van der Waals surface area (Å²) in [5.41, 5.74) is -1.29. The molecule has 1 rings (SSSR count). The summed E-state index contributed by atoms with van der Waals surface area (Å²) >= 11 is 0. The van der Waals surface area contributed by atoms with Crippen molar-refractivity contribution in [2.45, 2.75) is 18.4 Å². The Balaban J connectivity index is 2.44. The van der Waals surface area contributed by atoms with Crippen molar-refractivity contribution in [2.75, 3.05) is 19.8 Å². The molecule has 1 saturated heterocycles. The largest absolute Gasteiger partial charge is 0.465 e. The third-order valence-electron chi connectivity index (χ3n) is 2.21. The minimum Gasteiger partial charge on any atom is -0.465 e. The van der Waals surface area contributed by atoms with Gasteiger partial charge in [-0.2, -0.15) is 0 Å². The molecule has 4 nitrogen and oxygen atoms in total. The van der Waals surface area contributed by atoms with Crippen molar-refractivity contribution in [2.24, 2.45) is 0 Å². The maximum atomic E-state index is 12.2. The third-order valence-corrected chi connectivity index (χ3v) is 2.21. The van der Waals surface area contributed by atoms with Gasteiger partial charge in [0.25, 0.3) is 0 Å². The van der Waals surface area contributed by atoms with Crippen molar-refractivity contribution in [3.63, 3.8) is 0 Å². The zero-order chi connectivity index (χ0) is 9.19. The number of halogens is 1. The van der Waals surface area contributed by atoms with E-state index in [0.717, 1.165) is 0 Å². The first-order valence-corrected chi connectivity index (χ1v) is 3.84. The molecule has 12 heavy (non-hydrogen) atoms. The van der Waals surface area contributed by atoms with Crippen molar-refractivity contribution >= 4 is 6.09 Å². The Morgan fingerprint density at radius 2 is 2.00 bits per heavy atom. The Bertz CT molecular complexity index is 177. The maximum absolute atomic E-state index is 12.2. The van der Waals surface area contributed by atoms with E-state index in [1.54, 1.807) is 0 Å². The van der Waals surface area contributed by atoms with Crippen LogP contribution < -0.4 is 0 Å². The van der Waals surface area contributed by atoms with Crippen molar-refractivity contribution in [3.8, 4) is 0 Å². The molecular weight excluding hydrogens is 165 g/mol. The average molecular weight is 177 g/mol. The Morgan fingerprint density at radius 1 is 1.50 bits per heavy atom. The number of carboxylic acid groups (broad SMARTS) is 1. The van der Waals surface area contributed by atoms with Crippen LogP contribution in [0.5, 0.6) is 0 Å². The minimum atomic E-state index is -1.29. The van der Waals surface area contributed by atoms with Gasteiger partial charge in [-0.1, -0.05) is 0 Å². The number of nitrogens with zero attached hydrogens (tertiary/aromatic N) is 1. The van der Waals surface area contributed by atoms with Crippen LogP contribution in [0.2, 0.25) is 0 Å². The van der Waals surface area contributed by atoms with Crippen molar-refractivity contribution in [3.05, 3.63) is 0 Å². The SMILES string of the molecule is O=C(O)N1CCC(O)(CF)CC1. The van der Waals surface area contributed by atoms with E-state index in [9.17, 15) is 14.3 Å². The molecule has 0 aliphatic carbocycles. The maximum Gasteiger partial charge on any atom is 0.407 e. The molecule has 1 fully saturated rings. The van der Waals surface area contributed by atoms with Crippen LogP contribution in [-0.2, 0) is 0 Å². The highest BCUT2D eigenvalue weighted by atomic mass is 19.1.